The summed E-state index contributed by atoms with van der Waals surface area (Å²) in [7, 11) is 0. The van der Waals surface area contributed by atoms with Gasteiger partial charge in [0, 0.05) is 26.1 Å². The van der Waals surface area contributed by atoms with E-state index in [1.54, 1.807) is 0 Å². The average Bonchev–Trinajstić information content (AvgIpc) is 3.22. The number of amides is 2. The molecule has 2 amide bonds. The van der Waals surface area contributed by atoms with Crippen molar-refractivity contribution in [2.75, 3.05) is 19.6 Å². The van der Waals surface area contributed by atoms with Crippen molar-refractivity contribution in [1.82, 2.24) is 20.4 Å². The van der Waals surface area contributed by atoms with Crippen molar-refractivity contribution in [3.8, 4) is 0 Å². The summed E-state index contributed by atoms with van der Waals surface area (Å²) in [6, 6.07) is 0.0246. The van der Waals surface area contributed by atoms with E-state index in [4.69, 9.17) is 4.52 Å². The van der Waals surface area contributed by atoms with Crippen LogP contribution in [0, 0.1) is 11.3 Å². The van der Waals surface area contributed by atoms with Crippen LogP contribution in [0.15, 0.2) is 4.52 Å². The van der Waals surface area contributed by atoms with Gasteiger partial charge in [-0.25, -0.2) is 4.79 Å². The lowest BCUT2D eigenvalue weighted by Gasteiger charge is -2.31. The van der Waals surface area contributed by atoms with Crippen LogP contribution in [0.25, 0.3) is 0 Å². The molecule has 1 aliphatic heterocycles. The maximum Gasteiger partial charge on any atom is 0.317 e. The van der Waals surface area contributed by atoms with Gasteiger partial charge in [0.2, 0.25) is 5.89 Å². The molecule has 6 nitrogen and oxygen atoms in total. The van der Waals surface area contributed by atoms with Crippen molar-refractivity contribution in [2.24, 2.45) is 11.3 Å². The number of urea groups is 1. The molecule has 1 saturated heterocycles. The highest BCUT2D eigenvalue weighted by atomic mass is 16.5. The number of hydrogen-bond donors (Lipinski definition) is 1. The third-order valence-corrected chi connectivity index (χ3v) is 5.60. The van der Waals surface area contributed by atoms with Gasteiger partial charge in [0.1, 0.15) is 0 Å². The van der Waals surface area contributed by atoms with Crippen LogP contribution in [0.4, 0.5) is 4.79 Å². The van der Waals surface area contributed by atoms with Crippen LogP contribution < -0.4 is 5.32 Å². The molecule has 0 bridgehead atoms. The summed E-state index contributed by atoms with van der Waals surface area (Å²) < 4.78 is 5.57. The Morgan fingerprint density at radius 1 is 1.36 bits per heavy atom. The fraction of sp³-hybridized carbons (Fsp3) is 0.842. The second-order valence-corrected chi connectivity index (χ2v) is 8.61. The van der Waals surface area contributed by atoms with Gasteiger partial charge in [-0.1, -0.05) is 38.8 Å². The maximum absolute atomic E-state index is 12.3. The summed E-state index contributed by atoms with van der Waals surface area (Å²) >= 11 is 0. The topological polar surface area (TPSA) is 71.3 Å². The molecule has 1 saturated carbocycles. The molecule has 2 heterocycles. The Balaban J connectivity index is 1.57. The number of carbonyl (C=O) groups is 1. The monoisotopic (exact) mass is 348 g/mol. The molecule has 0 aromatic carbocycles. The molecule has 1 N–H and O–H groups in total. The van der Waals surface area contributed by atoms with Gasteiger partial charge < -0.3 is 14.7 Å². The lowest BCUT2D eigenvalue weighted by Crippen LogP contribution is -2.45. The Bertz CT molecular complexity index is 578. The number of piperidine rings is 1. The summed E-state index contributed by atoms with van der Waals surface area (Å²) in [5.74, 6) is 2.16. The SMILES string of the molecule is CC(C)CNC(=O)N1CCCC(c2nc(CC3(C)CCCC3)no2)C1. The van der Waals surface area contributed by atoms with Gasteiger partial charge in [-0.2, -0.15) is 4.98 Å². The minimum Gasteiger partial charge on any atom is -0.339 e. The van der Waals surface area contributed by atoms with E-state index in [0.29, 0.717) is 30.3 Å². The molecule has 1 aromatic heterocycles. The second kappa shape index (κ2) is 7.75. The van der Waals surface area contributed by atoms with Crippen LogP contribution in [-0.2, 0) is 6.42 Å². The first-order valence-corrected chi connectivity index (χ1v) is 9.80. The van der Waals surface area contributed by atoms with Gasteiger partial charge in [0.05, 0.1) is 5.92 Å². The zero-order valence-corrected chi connectivity index (χ0v) is 15.9. The predicted molar refractivity (Wildman–Crippen MR) is 96.4 cm³/mol. The van der Waals surface area contributed by atoms with Gasteiger partial charge in [0.15, 0.2) is 5.82 Å². The highest BCUT2D eigenvalue weighted by molar-refractivity contribution is 5.74. The molecule has 0 radical (unpaired) electrons. The first kappa shape index (κ1) is 18.2. The Morgan fingerprint density at radius 2 is 2.12 bits per heavy atom. The Labute approximate surface area is 150 Å². The van der Waals surface area contributed by atoms with Crippen molar-refractivity contribution in [3.05, 3.63) is 11.7 Å². The summed E-state index contributed by atoms with van der Waals surface area (Å²) in [4.78, 5) is 18.9. The lowest BCUT2D eigenvalue weighted by molar-refractivity contribution is 0.171. The van der Waals surface area contributed by atoms with E-state index in [1.165, 1.54) is 25.7 Å². The number of hydrogen-bond acceptors (Lipinski definition) is 4. The van der Waals surface area contributed by atoms with Gasteiger partial charge in [-0.05, 0) is 37.0 Å². The molecular weight excluding hydrogens is 316 g/mol. The Morgan fingerprint density at radius 3 is 2.84 bits per heavy atom. The highest BCUT2D eigenvalue weighted by Gasteiger charge is 2.32. The molecule has 1 aromatic rings. The van der Waals surface area contributed by atoms with Crippen molar-refractivity contribution >= 4 is 6.03 Å². The molecule has 1 aliphatic carbocycles. The van der Waals surface area contributed by atoms with Crippen LogP contribution in [0.3, 0.4) is 0 Å². The van der Waals surface area contributed by atoms with Crippen LogP contribution in [0.2, 0.25) is 0 Å². The number of nitrogens with zero attached hydrogens (tertiary/aromatic N) is 3. The molecule has 2 aliphatic rings. The number of nitrogens with one attached hydrogen (secondary N) is 1. The summed E-state index contributed by atoms with van der Waals surface area (Å²) in [6.07, 6.45) is 8.02. The molecule has 3 rings (SSSR count). The zero-order valence-electron chi connectivity index (χ0n) is 15.9. The smallest absolute Gasteiger partial charge is 0.317 e. The number of rotatable bonds is 5. The maximum atomic E-state index is 12.3. The highest BCUT2D eigenvalue weighted by Crippen LogP contribution is 2.40. The van der Waals surface area contributed by atoms with Crippen molar-refractivity contribution in [3.63, 3.8) is 0 Å². The predicted octanol–water partition coefficient (Wildman–Crippen LogP) is 3.74. The van der Waals surface area contributed by atoms with Crippen LogP contribution in [-0.4, -0.2) is 40.7 Å². The van der Waals surface area contributed by atoms with Gasteiger partial charge in [-0.3, -0.25) is 0 Å². The minimum absolute atomic E-state index is 0.0246. The zero-order chi connectivity index (χ0) is 17.9. The number of likely N-dealkylation sites (tertiary alicyclic amines) is 1. The molecule has 1 unspecified atom stereocenters. The first-order valence-electron chi connectivity index (χ1n) is 9.80. The second-order valence-electron chi connectivity index (χ2n) is 8.61. The molecule has 2 fully saturated rings. The standard InChI is InChI=1S/C19H32N4O2/c1-14(2)12-20-18(24)23-10-6-7-15(13-23)17-21-16(22-25-17)11-19(3)8-4-5-9-19/h14-15H,4-13H2,1-3H3,(H,20,24). The minimum atomic E-state index is 0.0246. The molecule has 25 heavy (non-hydrogen) atoms. The normalized spacial score (nSPS) is 23.2. The van der Waals surface area contributed by atoms with Crippen LogP contribution in [0.5, 0.6) is 0 Å². The van der Waals surface area contributed by atoms with E-state index < -0.39 is 0 Å². The molecular formula is C19H32N4O2. The van der Waals surface area contributed by atoms with Crippen molar-refractivity contribution in [2.45, 2.75) is 71.6 Å². The lowest BCUT2D eigenvalue weighted by atomic mass is 9.85. The molecule has 0 spiro atoms. The van der Waals surface area contributed by atoms with Crippen LogP contribution in [0.1, 0.15) is 76.9 Å². The Hall–Kier alpha value is -1.59. The summed E-state index contributed by atoms with van der Waals surface area (Å²) in [5, 5.41) is 7.23. The van der Waals surface area contributed by atoms with E-state index >= 15 is 0 Å². The number of carbonyl (C=O) groups excluding carboxylic acids is 1. The molecule has 140 valence electrons. The average molecular weight is 348 g/mol. The van der Waals surface area contributed by atoms with Gasteiger partial charge in [0.25, 0.3) is 0 Å². The summed E-state index contributed by atoms with van der Waals surface area (Å²) in [6.45, 7) is 8.72. The van der Waals surface area contributed by atoms with Gasteiger partial charge >= 0.3 is 6.03 Å². The molecule has 6 heteroatoms. The quantitative estimate of drug-likeness (QED) is 0.880. The van der Waals surface area contributed by atoms with E-state index in [2.05, 4.69) is 36.2 Å². The number of aromatic nitrogens is 2. The fourth-order valence-electron chi connectivity index (χ4n) is 4.06. The van der Waals surface area contributed by atoms with Crippen molar-refractivity contribution < 1.29 is 9.32 Å². The first-order chi connectivity index (χ1) is 12.0. The van der Waals surface area contributed by atoms with E-state index in [-0.39, 0.29) is 11.9 Å². The van der Waals surface area contributed by atoms with E-state index in [0.717, 1.165) is 31.6 Å². The summed E-state index contributed by atoms with van der Waals surface area (Å²) in [5.41, 5.74) is 0.330. The van der Waals surface area contributed by atoms with E-state index in [1.807, 2.05) is 4.90 Å². The van der Waals surface area contributed by atoms with Crippen molar-refractivity contribution in [1.29, 1.82) is 0 Å². The van der Waals surface area contributed by atoms with Gasteiger partial charge in [-0.15, -0.1) is 0 Å². The third kappa shape index (κ3) is 4.73. The molecule has 1 atom stereocenters. The fourth-order valence-corrected chi connectivity index (χ4v) is 4.06. The van der Waals surface area contributed by atoms with E-state index in [9.17, 15) is 4.79 Å². The Kier molecular flexibility index (Phi) is 5.64. The largest absolute Gasteiger partial charge is 0.339 e. The third-order valence-electron chi connectivity index (χ3n) is 5.60. The van der Waals surface area contributed by atoms with Crippen LogP contribution >= 0.6 is 0 Å².